The zero-order chi connectivity index (χ0) is 13.7. The fourth-order valence-corrected chi connectivity index (χ4v) is 2.93. The van der Waals surface area contributed by atoms with Gasteiger partial charge in [-0.1, -0.05) is 48.5 Å². The van der Waals surface area contributed by atoms with Gasteiger partial charge in [0.05, 0.1) is 0 Å². The first-order chi connectivity index (χ1) is 9.75. The monoisotopic (exact) mass is 258 g/mol. The zero-order valence-electron chi connectivity index (χ0n) is 10.9. The highest BCUT2D eigenvalue weighted by Crippen LogP contribution is 2.38. The summed E-state index contributed by atoms with van der Waals surface area (Å²) in [6.45, 7) is 0. The van der Waals surface area contributed by atoms with Crippen LogP contribution in [0.2, 0.25) is 0 Å². The first kappa shape index (κ1) is 11.1. The van der Waals surface area contributed by atoms with Crippen LogP contribution in [0.25, 0.3) is 32.3 Å². The maximum absolute atomic E-state index is 6.36. The molecule has 0 aliphatic heterocycles. The van der Waals surface area contributed by atoms with Gasteiger partial charge in [-0.2, -0.15) is 0 Å². The summed E-state index contributed by atoms with van der Waals surface area (Å²) in [4.78, 5) is 0. The van der Waals surface area contributed by atoms with Crippen molar-refractivity contribution in [2.45, 2.75) is 0 Å². The van der Waals surface area contributed by atoms with Crippen molar-refractivity contribution in [1.82, 2.24) is 0 Å². The lowest BCUT2D eigenvalue weighted by atomic mass is 9.96. The minimum absolute atomic E-state index is 0.801. The molecular weight excluding hydrogens is 244 g/mol. The Bertz CT molecular complexity index is 891. The molecule has 4 aromatic carbocycles. The summed E-state index contributed by atoms with van der Waals surface area (Å²) < 4.78 is 0. The average molecular weight is 258 g/mol. The van der Waals surface area contributed by atoms with E-state index in [4.69, 9.17) is 11.5 Å². The van der Waals surface area contributed by atoms with Gasteiger partial charge in [0.15, 0.2) is 0 Å². The number of fused-ring (bicyclic) bond motifs is 3. The molecule has 2 heteroatoms. The predicted octanol–water partition coefficient (Wildman–Crippen LogP) is 4.31. The molecule has 0 saturated heterocycles. The van der Waals surface area contributed by atoms with Gasteiger partial charge in [-0.15, -0.1) is 0 Å². The van der Waals surface area contributed by atoms with Gasteiger partial charge in [0.1, 0.15) is 0 Å². The molecule has 20 heavy (non-hydrogen) atoms. The molecule has 4 rings (SSSR count). The van der Waals surface area contributed by atoms with Crippen LogP contribution in [-0.2, 0) is 0 Å². The summed E-state index contributed by atoms with van der Waals surface area (Å²) in [6.07, 6.45) is 0. The van der Waals surface area contributed by atoms with Crippen LogP contribution in [0.3, 0.4) is 0 Å². The molecule has 0 atom stereocenters. The smallest absolute Gasteiger partial charge is 0.0475 e. The van der Waals surface area contributed by atoms with Gasteiger partial charge in [0.2, 0.25) is 0 Å². The Morgan fingerprint density at radius 3 is 1.35 bits per heavy atom. The van der Waals surface area contributed by atoms with E-state index in [2.05, 4.69) is 24.3 Å². The first-order valence-electron chi connectivity index (χ1n) is 6.64. The standard InChI is InChI=1S/C18H14N2/c19-17-13-7-3-4-8-14(13)18(20)16-10-12-6-2-1-5-11(12)9-15(16)17/h1-10H,19-20H2. The average Bonchev–Trinajstić information content (AvgIpc) is 2.51. The molecular formula is C18H14N2. The molecule has 0 fully saturated rings. The van der Waals surface area contributed by atoms with Crippen LogP contribution in [0.4, 0.5) is 11.4 Å². The van der Waals surface area contributed by atoms with Crippen LogP contribution in [0.1, 0.15) is 0 Å². The highest BCUT2D eigenvalue weighted by molar-refractivity contribution is 6.20. The van der Waals surface area contributed by atoms with E-state index < -0.39 is 0 Å². The molecule has 0 bridgehead atoms. The molecule has 0 amide bonds. The third-order valence-electron chi connectivity index (χ3n) is 3.97. The van der Waals surface area contributed by atoms with Gasteiger partial charge in [-0.3, -0.25) is 0 Å². The molecule has 0 aromatic heterocycles. The van der Waals surface area contributed by atoms with Crippen LogP contribution in [0, 0.1) is 0 Å². The van der Waals surface area contributed by atoms with Crippen LogP contribution in [-0.4, -0.2) is 0 Å². The van der Waals surface area contributed by atoms with E-state index in [0.29, 0.717) is 0 Å². The number of hydrogen-bond acceptors (Lipinski definition) is 2. The number of nitrogens with two attached hydrogens (primary N) is 2. The lowest BCUT2D eigenvalue weighted by Crippen LogP contribution is -1.95. The van der Waals surface area contributed by atoms with Crippen molar-refractivity contribution in [1.29, 1.82) is 0 Å². The van der Waals surface area contributed by atoms with E-state index in [1.807, 2.05) is 36.4 Å². The second-order valence-electron chi connectivity index (χ2n) is 5.12. The summed E-state index contributed by atoms with van der Waals surface area (Å²) in [7, 11) is 0. The molecule has 0 heterocycles. The van der Waals surface area contributed by atoms with E-state index in [-0.39, 0.29) is 0 Å². The van der Waals surface area contributed by atoms with Crippen LogP contribution in [0.5, 0.6) is 0 Å². The number of nitrogen functional groups attached to an aromatic ring is 2. The molecule has 0 aliphatic carbocycles. The Morgan fingerprint density at radius 1 is 0.500 bits per heavy atom. The normalized spacial score (nSPS) is 11.4. The fraction of sp³-hybridized carbons (Fsp3) is 0. The van der Waals surface area contributed by atoms with Gasteiger partial charge >= 0.3 is 0 Å². The van der Waals surface area contributed by atoms with E-state index in [9.17, 15) is 0 Å². The third kappa shape index (κ3) is 1.39. The first-order valence-corrected chi connectivity index (χ1v) is 6.64. The molecule has 0 unspecified atom stereocenters. The molecule has 0 saturated carbocycles. The Labute approximate surface area is 116 Å². The Morgan fingerprint density at radius 2 is 0.900 bits per heavy atom. The van der Waals surface area contributed by atoms with Crippen molar-refractivity contribution in [3.8, 4) is 0 Å². The Balaban J connectivity index is 2.31. The fourth-order valence-electron chi connectivity index (χ4n) is 2.93. The zero-order valence-corrected chi connectivity index (χ0v) is 10.9. The van der Waals surface area contributed by atoms with Crippen molar-refractivity contribution in [2.75, 3.05) is 11.5 Å². The van der Waals surface area contributed by atoms with E-state index in [1.54, 1.807) is 0 Å². The lowest BCUT2D eigenvalue weighted by molar-refractivity contribution is 1.75. The lowest BCUT2D eigenvalue weighted by Gasteiger charge is -2.12. The van der Waals surface area contributed by atoms with Gasteiger partial charge in [0.25, 0.3) is 0 Å². The second kappa shape index (κ2) is 3.87. The van der Waals surface area contributed by atoms with Crippen LogP contribution < -0.4 is 11.5 Å². The van der Waals surface area contributed by atoms with Crippen molar-refractivity contribution in [3.05, 3.63) is 60.7 Å². The quantitative estimate of drug-likeness (QED) is 0.280. The summed E-state index contributed by atoms with van der Waals surface area (Å²) in [5.41, 5.74) is 14.3. The van der Waals surface area contributed by atoms with Crippen molar-refractivity contribution >= 4 is 43.7 Å². The molecule has 0 radical (unpaired) electrons. The van der Waals surface area contributed by atoms with Crippen molar-refractivity contribution < 1.29 is 0 Å². The summed E-state index contributed by atoms with van der Waals surface area (Å²) >= 11 is 0. The maximum atomic E-state index is 6.36. The largest absolute Gasteiger partial charge is 0.398 e. The van der Waals surface area contributed by atoms with Gasteiger partial charge in [-0.05, 0) is 22.9 Å². The van der Waals surface area contributed by atoms with Crippen molar-refractivity contribution in [3.63, 3.8) is 0 Å². The van der Waals surface area contributed by atoms with Crippen LogP contribution in [0.15, 0.2) is 60.7 Å². The summed E-state index contributed by atoms with van der Waals surface area (Å²) in [6, 6.07) is 20.6. The number of anilines is 2. The van der Waals surface area contributed by atoms with Gasteiger partial charge < -0.3 is 11.5 Å². The Hall–Kier alpha value is -2.74. The van der Waals surface area contributed by atoms with Crippen molar-refractivity contribution in [2.24, 2.45) is 0 Å². The molecule has 4 aromatic rings. The summed E-state index contributed by atoms with van der Waals surface area (Å²) in [5, 5.41) is 6.46. The predicted molar refractivity (Wildman–Crippen MR) is 87.8 cm³/mol. The van der Waals surface area contributed by atoms with Gasteiger partial charge in [0, 0.05) is 32.9 Å². The SMILES string of the molecule is Nc1c2ccccc2c(N)c2cc3ccccc3cc12. The molecule has 4 N–H and O–H groups in total. The Kier molecular flexibility index (Phi) is 2.15. The minimum Gasteiger partial charge on any atom is -0.398 e. The highest BCUT2D eigenvalue weighted by Gasteiger charge is 2.10. The summed E-state index contributed by atoms with van der Waals surface area (Å²) in [5.74, 6) is 0. The molecule has 0 aliphatic rings. The van der Waals surface area contributed by atoms with Gasteiger partial charge in [-0.25, -0.2) is 0 Å². The number of hydrogen-bond donors (Lipinski definition) is 2. The van der Waals surface area contributed by atoms with Crippen LogP contribution >= 0.6 is 0 Å². The van der Waals surface area contributed by atoms with E-state index in [1.165, 1.54) is 10.8 Å². The highest BCUT2D eigenvalue weighted by atomic mass is 14.6. The third-order valence-corrected chi connectivity index (χ3v) is 3.97. The van der Waals surface area contributed by atoms with E-state index >= 15 is 0 Å². The molecule has 96 valence electrons. The topological polar surface area (TPSA) is 52.0 Å². The molecule has 0 spiro atoms. The number of benzene rings is 4. The molecule has 2 nitrogen and oxygen atoms in total. The number of rotatable bonds is 0. The second-order valence-corrected chi connectivity index (χ2v) is 5.12. The van der Waals surface area contributed by atoms with E-state index in [0.717, 1.165) is 32.9 Å². The minimum atomic E-state index is 0.801. The maximum Gasteiger partial charge on any atom is 0.0475 e.